The Labute approximate surface area is 123 Å². The van der Waals surface area contributed by atoms with Gasteiger partial charge in [0.25, 0.3) is 0 Å². The summed E-state index contributed by atoms with van der Waals surface area (Å²) >= 11 is 0. The van der Waals surface area contributed by atoms with Crippen molar-refractivity contribution in [3.05, 3.63) is 35.1 Å². The third kappa shape index (κ3) is 4.96. The molecule has 4 N–H and O–H groups in total. The second kappa shape index (κ2) is 7.92. The summed E-state index contributed by atoms with van der Waals surface area (Å²) < 4.78 is 18.8. The minimum absolute atomic E-state index is 0.0935. The van der Waals surface area contributed by atoms with Crippen LogP contribution < -0.4 is 11.1 Å². The van der Waals surface area contributed by atoms with Gasteiger partial charge in [0.15, 0.2) is 5.84 Å². The first-order chi connectivity index (χ1) is 10.2. The van der Waals surface area contributed by atoms with Crippen molar-refractivity contribution in [2.24, 2.45) is 10.9 Å². The van der Waals surface area contributed by atoms with Gasteiger partial charge in [0, 0.05) is 38.3 Å². The third-order valence-electron chi connectivity index (χ3n) is 3.40. The summed E-state index contributed by atoms with van der Waals surface area (Å²) in [5.74, 6) is -0.492. The normalized spacial score (nSPS) is 17.1. The van der Waals surface area contributed by atoms with Crippen LogP contribution in [0, 0.1) is 5.82 Å². The van der Waals surface area contributed by atoms with Crippen LogP contribution in [0.25, 0.3) is 0 Å². The zero-order chi connectivity index (χ0) is 15.1. The number of benzene rings is 1. The number of nitrogens with zero attached hydrogens (tertiary/aromatic N) is 2. The van der Waals surface area contributed by atoms with Gasteiger partial charge in [-0.2, -0.15) is 0 Å². The van der Waals surface area contributed by atoms with Crippen LogP contribution in [-0.4, -0.2) is 55.3 Å². The van der Waals surface area contributed by atoms with Gasteiger partial charge in [0.2, 0.25) is 0 Å². The van der Waals surface area contributed by atoms with E-state index in [1.165, 1.54) is 12.1 Å². The van der Waals surface area contributed by atoms with Crippen LogP contribution in [0.4, 0.5) is 4.39 Å². The van der Waals surface area contributed by atoms with Gasteiger partial charge in [0.1, 0.15) is 5.82 Å². The first-order valence-electron chi connectivity index (χ1n) is 6.97. The van der Waals surface area contributed by atoms with Crippen molar-refractivity contribution >= 4 is 5.84 Å². The van der Waals surface area contributed by atoms with Crippen LogP contribution in [0.5, 0.6) is 0 Å². The lowest BCUT2D eigenvalue weighted by atomic mass is 10.1. The Bertz CT molecular complexity index is 490. The predicted molar refractivity (Wildman–Crippen MR) is 77.9 cm³/mol. The number of nitrogens with one attached hydrogen (secondary N) is 1. The van der Waals surface area contributed by atoms with E-state index in [-0.39, 0.29) is 5.84 Å². The summed E-state index contributed by atoms with van der Waals surface area (Å²) in [6, 6.07) is 4.39. The van der Waals surface area contributed by atoms with Gasteiger partial charge in [-0.05, 0) is 23.8 Å². The zero-order valence-electron chi connectivity index (χ0n) is 11.9. The number of ether oxygens (including phenoxy) is 1. The Hall–Kier alpha value is -1.70. The maximum Gasteiger partial charge on any atom is 0.170 e. The highest BCUT2D eigenvalue weighted by atomic mass is 19.1. The van der Waals surface area contributed by atoms with E-state index in [1.807, 2.05) is 0 Å². The molecule has 0 unspecified atom stereocenters. The van der Waals surface area contributed by atoms with Crippen LogP contribution in [-0.2, 0) is 11.3 Å². The molecule has 1 saturated heterocycles. The Balaban J connectivity index is 1.81. The maximum absolute atomic E-state index is 13.5. The van der Waals surface area contributed by atoms with Gasteiger partial charge in [0.05, 0.1) is 13.2 Å². The summed E-state index contributed by atoms with van der Waals surface area (Å²) in [5.41, 5.74) is 6.62. The number of halogens is 1. The molecule has 0 bridgehead atoms. The molecule has 1 fully saturated rings. The van der Waals surface area contributed by atoms with Crippen molar-refractivity contribution in [2.45, 2.75) is 6.54 Å². The Morgan fingerprint density at radius 3 is 2.86 bits per heavy atom. The first kappa shape index (κ1) is 15.7. The molecule has 0 spiro atoms. The Kier molecular flexibility index (Phi) is 5.91. The second-order valence-electron chi connectivity index (χ2n) is 4.96. The van der Waals surface area contributed by atoms with Crippen molar-refractivity contribution in [1.29, 1.82) is 0 Å². The average molecular weight is 296 g/mol. The standard InChI is InChI=1S/C14H21FN4O2/c15-13-8-11(7-12(9-13)14(16)18-20)10-17-1-2-19-3-5-21-6-4-19/h7-9,17,20H,1-6,10H2,(H2,16,18). The van der Waals surface area contributed by atoms with Crippen molar-refractivity contribution < 1.29 is 14.3 Å². The zero-order valence-corrected chi connectivity index (χ0v) is 11.9. The van der Waals surface area contributed by atoms with Crippen molar-refractivity contribution in [2.75, 3.05) is 39.4 Å². The molecule has 0 saturated carbocycles. The molecule has 21 heavy (non-hydrogen) atoms. The van der Waals surface area contributed by atoms with Crippen LogP contribution >= 0.6 is 0 Å². The monoisotopic (exact) mass is 296 g/mol. The molecule has 1 heterocycles. The summed E-state index contributed by atoms with van der Waals surface area (Å²) in [6.07, 6.45) is 0. The number of hydrogen-bond donors (Lipinski definition) is 3. The molecule has 0 atom stereocenters. The average Bonchev–Trinajstić information content (AvgIpc) is 2.51. The predicted octanol–water partition coefficient (Wildman–Crippen LogP) is 0.342. The van der Waals surface area contributed by atoms with Gasteiger partial charge in [-0.1, -0.05) is 5.16 Å². The molecular weight excluding hydrogens is 275 g/mol. The molecule has 0 aromatic heterocycles. The molecule has 1 aliphatic rings. The fourth-order valence-corrected chi connectivity index (χ4v) is 2.25. The summed E-state index contributed by atoms with van der Waals surface area (Å²) in [5, 5.41) is 14.8. The second-order valence-corrected chi connectivity index (χ2v) is 4.96. The summed E-state index contributed by atoms with van der Waals surface area (Å²) in [7, 11) is 0. The van der Waals surface area contributed by atoms with E-state index in [0.717, 1.165) is 45.0 Å². The van der Waals surface area contributed by atoms with Gasteiger partial charge in [-0.25, -0.2) is 4.39 Å². The third-order valence-corrected chi connectivity index (χ3v) is 3.40. The summed E-state index contributed by atoms with van der Waals surface area (Å²) in [4.78, 5) is 2.32. The van der Waals surface area contributed by atoms with E-state index in [2.05, 4.69) is 15.4 Å². The molecule has 0 amide bonds. The number of morpholine rings is 1. The van der Waals surface area contributed by atoms with Crippen LogP contribution in [0.3, 0.4) is 0 Å². The molecule has 0 aliphatic carbocycles. The minimum atomic E-state index is -0.399. The van der Waals surface area contributed by atoms with Crippen LogP contribution in [0.1, 0.15) is 11.1 Å². The van der Waals surface area contributed by atoms with Crippen molar-refractivity contribution in [3.63, 3.8) is 0 Å². The molecule has 0 radical (unpaired) electrons. The van der Waals surface area contributed by atoms with Gasteiger partial charge in [-0.3, -0.25) is 4.90 Å². The van der Waals surface area contributed by atoms with Crippen molar-refractivity contribution in [3.8, 4) is 0 Å². The Morgan fingerprint density at radius 1 is 1.38 bits per heavy atom. The maximum atomic E-state index is 13.5. The molecule has 2 rings (SSSR count). The highest BCUT2D eigenvalue weighted by Gasteiger charge is 2.09. The lowest BCUT2D eigenvalue weighted by Gasteiger charge is -2.26. The van der Waals surface area contributed by atoms with Crippen molar-refractivity contribution in [1.82, 2.24) is 10.2 Å². The van der Waals surface area contributed by atoms with E-state index >= 15 is 0 Å². The largest absolute Gasteiger partial charge is 0.409 e. The SMILES string of the molecule is N/C(=N/O)c1cc(F)cc(CNCCN2CCOCC2)c1. The fourth-order valence-electron chi connectivity index (χ4n) is 2.25. The lowest BCUT2D eigenvalue weighted by Crippen LogP contribution is -2.40. The van der Waals surface area contributed by atoms with E-state index in [1.54, 1.807) is 6.07 Å². The lowest BCUT2D eigenvalue weighted by molar-refractivity contribution is 0.0384. The van der Waals surface area contributed by atoms with Gasteiger partial charge < -0.3 is 21.0 Å². The van der Waals surface area contributed by atoms with E-state index in [9.17, 15) is 4.39 Å². The molecule has 1 aromatic rings. The van der Waals surface area contributed by atoms with Crippen LogP contribution in [0.15, 0.2) is 23.4 Å². The van der Waals surface area contributed by atoms with E-state index in [0.29, 0.717) is 12.1 Å². The number of hydrogen-bond acceptors (Lipinski definition) is 5. The number of oxime groups is 1. The quantitative estimate of drug-likeness (QED) is 0.232. The molecule has 1 aromatic carbocycles. The molecule has 6 nitrogen and oxygen atoms in total. The van der Waals surface area contributed by atoms with E-state index in [4.69, 9.17) is 15.7 Å². The number of amidine groups is 1. The van der Waals surface area contributed by atoms with Gasteiger partial charge in [-0.15, -0.1) is 0 Å². The van der Waals surface area contributed by atoms with Crippen LogP contribution in [0.2, 0.25) is 0 Å². The molecule has 1 aliphatic heterocycles. The molecule has 7 heteroatoms. The molecule has 116 valence electrons. The van der Waals surface area contributed by atoms with E-state index < -0.39 is 5.82 Å². The number of rotatable bonds is 6. The first-order valence-corrected chi connectivity index (χ1v) is 6.97. The Morgan fingerprint density at radius 2 is 2.14 bits per heavy atom. The minimum Gasteiger partial charge on any atom is -0.409 e. The fraction of sp³-hybridized carbons (Fsp3) is 0.500. The molecular formula is C14H21FN4O2. The highest BCUT2D eigenvalue weighted by molar-refractivity contribution is 5.97. The highest BCUT2D eigenvalue weighted by Crippen LogP contribution is 2.09. The smallest absolute Gasteiger partial charge is 0.170 e. The van der Waals surface area contributed by atoms with Gasteiger partial charge >= 0.3 is 0 Å². The summed E-state index contributed by atoms with van der Waals surface area (Å²) in [6.45, 7) is 5.76. The number of nitrogens with two attached hydrogens (primary N) is 1. The topological polar surface area (TPSA) is 83.1 Å².